The average molecular weight is 472 g/mol. The van der Waals surface area contributed by atoms with Crippen molar-refractivity contribution in [3.05, 3.63) is 48.0 Å². The number of carbonyl (C=O) groups is 1. The Morgan fingerprint density at radius 3 is 2.30 bits per heavy atom. The van der Waals surface area contributed by atoms with Crippen LogP contribution in [0.3, 0.4) is 0 Å². The molecule has 2 heterocycles. The predicted octanol–water partition coefficient (Wildman–Crippen LogP) is 4.50. The Hall–Kier alpha value is -2.58. The molecule has 2 aliphatic heterocycles. The van der Waals surface area contributed by atoms with E-state index in [0.29, 0.717) is 42.4 Å². The number of anilines is 2. The lowest BCUT2D eigenvalue weighted by Crippen LogP contribution is -2.37. The third kappa shape index (κ3) is 5.33. The molecule has 7 nitrogen and oxygen atoms in total. The predicted molar refractivity (Wildman–Crippen MR) is 131 cm³/mol. The van der Waals surface area contributed by atoms with Crippen molar-refractivity contribution < 1.29 is 17.9 Å². The molecule has 2 aromatic carbocycles. The van der Waals surface area contributed by atoms with E-state index in [2.05, 4.69) is 10.2 Å². The molecule has 0 bridgehead atoms. The Morgan fingerprint density at radius 1 is 0.939 bits per heavy atom. The third-order valence-corrected chi connectivity index (χ3v) is 8.21. The first-order valence-electron chi connectivity index (χ1n) is 11.9. The van der Waals surface area contributed by atoms with Gasteiger partial charge in [0.2, 0.25) is 10.0 Å². The lowest BCUT2D eigenvalue weighted by Gasteiger charge is -2.33. The van der Waals surface area contributed by atoms with Crippen molar-refractivity contribution in [2.75, 3.05) is 43.0 Å². The van der Waals surface area contributed by atoms with E-state index in [-0.39, 0.29) is 10.8 Å². The number of nitrogens with zero attached hydrogens (tertiary/aromatic N) is 2. The van der Waals surface area contributed by atoms with Gasteiger partial charge in [0.1, 0.15) is 10.6 Å². The molecule has 0 saturated carbocycles. The summed E-state index contributed by atoms with van der Waals surface area (Å²) in [6.45, 7) is 5.08. The summed E-state index contributed by atoms with van der Waals surface area (Å²) >= 11 is 0. The highest BCUT2D eigenvalue weighted by atomic mass is 32.2. The number of sulfonamides is 1. The average Bonchev–Trinajstić information content (AvgIpc) is 2.86. The number of carbonyl (C=O) groups excluding carboxylic acids is 1. The van der Waals surface area contributed by atoms with Crippen LogP contribution in [-0.4, -0.2) is 51.4 Å². The fourth-order valence-corrected chi connectivity index (χ4v) is 6.30. The van der Waals surface area contributed by atoms with Crippen LogP contribution in [0.25, 0.3) is 0 Å². The van der Waals surface area contributed by atoms with Gasteiger partial charge in [-0.05, 0) is 69.4 Å². The van der Waals surface area contributed by atoms with E-state index < -0.39 is 10.0 Å². The number of benzene rings is 2. The fraction of sp³-hybridized carbons (Fsp3) is 0.480. The molecule has 2 fully saturated rings. The van der Waals surface area contributed by atoms with Gasteiger partial charge >= 0.3 is 0 Å². The molecule has 178 valence electrons. The molecule has 1 N–H and O–H groups in total. The summed E-state index contributed by atoms with van der Waals surface area (Å²) in [6, 6.07) is 12.3. The molecular formula is C25H33N3O4S. The number of nitrogens with one attached hydrogen (secondary N) is 1. The minimum absolute atomic E-state index is 0.233. The summed E-state index contributed by atoms with van der Waals surface area (Å²) < 4.78 is 34.5. The Labute approximate surface area is 196 Å². The molecule has 2 aliphatic rings. The zero-order valence-corrected chi connectivity index (χ0v) is 20.1. The van der Waals surface area contributed by atoms with Gasteiger partial charge in [0, 0.05) is 31.7 Å². The van der Waals surface area contributed by atoms with Crippen LogP contribution >= 0.6 is 0 Å². The van der Waals surface area contributed by atoms with Crippen molar-refractivity contribution in [3.63, 3.8) is 0 Å². The van der Waals surface area contributed by atoms with E-state index >= 15 is 0 Å². The Bertz CT molecular complexity index is 1070. The fourth-order valence-electron chi connectivity index (χ4n) is 4.55. The van der Waals surface area contributed by atoms with E-state index in [0.717, 1.165) is 51.6 Å². The molecule has 2 aromatic rings. The molecule has 0 atom stereocenters. The maximum absolute atomic E-state index is 13.7. The number of hydrogen-bond acceptors (Lipinski definition) is 5. The van der Waals surface area contributed by atoms with Crippen LogP contribution in [0.4, 0.5) is 11.4 Å². The number of rotatable bonds is 7. The SMILES string of the molecule is CCOc1ccccc1NC(=O)c1ccc(N2CCCCC2)c(S(=O)(=O)N2CCCCC2)c1. The topological polar surface area (TPSA) is 79.0 Å². The molecule has 33 heavy (non-hydrogen) atoms. The van der Waals surface area contributed by atoms with Crippen molar-refractivity contribution >= 4 is 27.3 Å². The van der Waals surface area contributed by atoms with E-state index in [1.165, 1.54) is 0 Å². The molecule has 2 saturated heterocycles. The third-order valence-electron chi connectivity index (χ3n) is 6.29. The van der Waals surface area contributed by atoms with E-state index in [4.69, 9.17) is 4.74 Å². The second-order valence-electron chi connectivity index (χ2n) is 8.58. The number of piperidine rings is 2. The summed E-state index contributed by atoms with van der Waals surface area (Å²) in [5.74, 6) is 0.224. The van der Waals surface area contributed by atoms with Gasteiger partial charge in [-0.2, -0.15) is 4.31 Å². The van der Waals surface area contributed by atoms with Crippen LogP contribution in [-0.2, 0) is 10.0 Å². The number of amides is 1. The summed E-state index contributed by atoms with van der Waals surface area (Å²) in [6.07, 6.45) is 6.02. The van der Waals surface area contributed by atoms with Crippen molar-refractivity contribution in [3.8, 4) is 5.75 Å². The Kier molecular flexibility index (Phi) is 7.55. The van der Waals surface area contributed by atoms with E-state index in [1.807, 2.05) is 19.1 Å². The van der Waals surface area contributed by atoms with Crippen molar-refractivity contribution in [2.24, 2.45) is 0 Å². The molecule has 0 aliphatic carbocycles. The monoisotopic (exact) mass is 471 g/mol. The van der Waals surface area contributed by atoms with Crippen molar-refractivity contribution in [1.29, 1.82) is 0 Å². The van der Waals surface area contributed by atoms with Gasteiger partial charge in [-0.25, -0.2) is 8.42 Å². The van der Waals surface area contributed by atoms with Gasteiger partial charge < -0.3 is 15.0 Å². The smallest absolute Gasteiger partial charge is 0.255 e. The minimum atomic E-state index is -3.70. The number of hydrogen-bond donors (Lipinski definition) is 1. The van der Waals surface area contributed by atoms with Crippen LogP contribution in [0.5, 0.6) is 5.75 Å². The van der Waals surface area contributed by atoms with Gasteiger partial charge in [0.25, 0.3) is 5.91 Å². The van der Waals surface area contributed by atoms with E-state index in [9.17, 15) is 13.2 Å². The molecule has 0 aromatic heterocycles. The summed E-state index contributed by atoms with van der Waals surface area (Å²) in [5.41, 5.74) is 1.58. The highest BCUT2D eigenvalue weighted by molar-refractivity contribution is 7.89. The highest BCUT2D eigenvalue weighted by Gasteiger charge is 2.31. The molecule has 4 rings (SSSR count). The van der Waals surface area contributed by atoms with Gasteiger partial charge in [-0.3, -0.25) is 4.79 Å². The summed E-state index contributed by atoms with van der Waals surface area (Å²) in [4.78, 5) is 15.5. The Morgan fingerprint density at radius 2 is 1.61 bits per heavy atom. The zero-order valence-electron chi connectivity index (χ0n) is 19.3. The summed E-state index contributed by atoms with van der Waals surface area (Å²) in [7, 11) is -3.70. The van der Waals surface area contributed by atoms with Crippen LogP contribution in [0.15, 0.2) is 47.4 Å². The van der Waals surface area contributed by atoms with Gasteiger partial charge in [0.05, 0.1) is 18.0 Å². The minimum Gasteiger partial charge on any atom is -0.492 e. The second-order valence-corrected chi connectivity index (χ2v) is 10.5. The molecule has 0 spiro atoms. The first-order chi connectivity index (χ1) is 16.0. The van der Waals surface area contributed by atoms with Crippen LogP contribution < -0.4 is 15.0 Å². The highest BCUT2D eigenvalue weighted by Crippen LogP contribution is 2.33. The van der Waals surface area contributed by atoms with Crippen molar-refractivity contribution in [2.45, 2.75) is 50.3 Å². The molecular weight excluding hydrogens is 438 g/mol. The second kappa shape index (κ2) is 10.6. The maximum atomic E-state index is 13.7. The van der Waals surface area contributed by atoms with E-state index in [1.54, 1.807) is 34.6 Å². The quantitative estimate of drug-likeness (QED) is 0.643. The normalized spacial score (nSPS) is 17.5. The van der Waals surface area contributed by atoms with Crippen LogP contribution in [0.2, 0.25) is 0 Å². The van der Waals surface area contributed by atoms with Gasteiger partial charge in [-0.1, -0.05) is 18.6 Å². The lowest BCUT2D eigenvalue weighted by molar-refractivity contribution is 0.102. The Balaban J connectivity index is 1.68. The first kappa shape index (κ1) is 23.6. The standard InChI is InChI=1S/C25H33N3O4S/c1-2-32-23-12-6-5-11-21(23)26-25(29)20-13-14-22(27-15-7-3-8-16-27)24(19-20)33(30,31)28-17-9-4-10-18-28/h5-6,11-14,19H,2-4,7-10,15-18H2,1H3,(H,26,29). The summed E-state index contributed by atoms with van der Waals surface area (Å²) in [5, 5.41) is 2.88. The largest absolute Gasteiger partial charge is 0.492 e. The molecule has 8 heteroatoms. The van der Waals surface area contributed by atoms with Gasteiger partial charge in [-0.15, -0.1) is 0 Å². The van der Waals surface area contributed by atoms with Crippen LogP contribution in [0.1, 0.15) is 55.8 Å². The van der Waals surface area contributed by atoms with Gasteiger partial charge in [0.15, 0.2) is 0 Å². The molecule has 1 amide bonds. The lowest BCUT2D eigenvalue weighted by atomic mass is 10.1. The number of para-hydroxylation sites is 2. The molecule has 0 unspecified atom stereocenters. The number of ether oxygens (including phenoxy) is 1. The maximum Gasteiger partial charge on any atom is 0.255 e. The molecule has 0 radical (unpaired) electrons. The van der Waals surface area contributed by atoms with Crippen molar-refractivity contribution in [1.82, 2.24) is 4.31 Å². The zero-order chi connectivity index (χ0) is 23.3. The van der Waals surface area contributed by atoms with Crippen LogP contribution in [0, 0.1) is 0 Å². The first-order valence-corrected chi connectivity index (χ1v) is 13.4.